The van der Waals surface area contributed by atoms with Crippen molar-refractivity contribution in [2.24, 2.45) is 0 Å². The van der Waals surface area contributed by atoms with Crippen LogP contribution in [0.4, 0.5) is 5.69 Å². The van der Waals surface area contributed by atoms with Crippen molar-refractivity contribution in [2.45, 2.75) is 19.9 Å². The first-order valence-electron chi connectivity index (χ1n) is 9.42. The minimum atomic E-state index is -0.0247. The molecule has 144 valence electrons. The van der Waals surface area contributed by atoms with Gasteiger partial charge in [-0.2, -0.15) is 0 Å². The normalized spacial score (nSPS) is 16.2. The Morgan fingerprint density at radius 2 is 2.07 bits per heavy atom. The number of fused-ring (bicyclic) bond motifs is 5. The van der Waals surface area contributed by atoms with Crippen LogP contribution >= 0.6 is 11.3 Å². The maximum Gasteiger partial charge on any atom is 0.263 e. The van der Waals surface area contributed by atoms with Gasteiger partial charge in [-0.25, -0.2) is 9.97 Å². The van der Waals surface area contributed by atoms with Crippen LogP contribution in [0, 0.1) is 6.92 Å². The lowest BCUT2D eigenvalue weighted by molar-refractivity contribution is 0.0949. The van der Waals surface area contributed by atoms with E-state index in [0.717, 1.165) is 48.6 Å². The molecule has 0 bridgehead atoms. The molecule has 0 spiro atoms. The maximum atomic E-state index is 12.6. The van der Waals surface area contributed by atoms with Crippen LogP contribution in [0.1, 0.15) is 28.0 Å². The fraction of sp³-hybridized carbons (Fsp3) is 0.182. The zero-order valence-electron chi connectivity index (χ0n) is 16.1. The molecule has 29 heavy (non-hydrogen) atoms. The first-order valence-corrected chi connectivity index (χ1v) is 10.2. The molecule has 7 heteroatoms. The Hall–Kier alpha value is -3.32. The molecule has 1 aliphatic heterocycles. The highest BCUT2D eigenvalue weighted by molar-refractivity contribution is 7.21. The second kappa shape index (κ2) is 6.63. The molecule has 0 radical (unpaired) electrons. The molecule has 4 heterocycles. The van der Waals surface area contributed by atoms with Gasteiger partial charge in [0.25, 0.3) is 5.91 Å². The maximum absolute atomic E-state index is 12.6. The van der Waals surface area contributed by atoms with E-state index in [9.17, 15) is 4.79 Å². The van der Waals surface area contributed by atoms with E-state index in [2.05, 4.69) is 33.2 Å². The van der Waals surface area contributed by atoms with Gasteiger partial charge in [-0.3, -0.25) is 9.78 Å². The number of carbonyl (C=O) groups excluding carboxylic acids is 1. The molecule has 1 amide bonds. The van der Waals surface area contributed by atoms with Gasteiger partial charge in [0, 0.05) is 28.1 Å². The number of rotatable bonds is 2. The van der Waals surface area contributed by atoms with Crippen LogP contribution in [0.25, 0.3) is 38.5 Å². The Morgan fingerprint density at radius 3 is 2.90 bits per heavy atom. The van der Waals surface area contributed by atoms with E-state index in [4.69, 9.17) is 4.98 Å². The molecule has 5 rings (SSSR count). The van der Waals surface area contributed by atoms with Gasteiger partial charge in [-0.1, -0.05) is 6.58 Å². The quantitative estimate of drug-likeness (QED) is 0.520. The molecular formula is C22H19N5OS. The Balaban J connectivity index is 1.70. The van der Waals surface area contributed by atoms with Crippen molar-refractivity contribution >= 4 is 50.0 Å². The van der Waals surface area contributed by atoms with Crippen LogP contribution in [0.15, 0.2) is 37.0 Å². The largest absolute Gasteiger partial charge is 0.381 e. The summed E-state index contributed by atoms with van der Waals surface area (Å²) in [5.41, 5.74) is 4.82. The average molecular weight is 401 g/mol. The van der Waals surface area contributed by atoms with Gasteiger partial charge in [-0.15, -0.1) is 11.3 Å². The number of aryl methyl sites for hydroxylation is 1. The third-order valence-corrected chi connectivity index (χ3v) is 6.29. The summed E-state index contributed by atoms with van der Waals surface area (Å²) in [4.78, 5) is 27.1. The smallest absolute Gasteiger partial charge is 0.263 e. The molecule has 0 fully saturated rings. The van der Waals surface area contributed by atoms with Crippen molar-refractivity contribution in [2.75, 3.05) is 11.9 Å². The average Bonchev–Trinajstić information content (AvgIpc) is 3.05. The summed E-state index contributed by atoms with van der Waals surface area (Å²) in [5, 5.41) is 8.54. The minimum absolute atomic E-state index is 0.0247. The standard InChI is InChI=1S/C22H19N5OS/c1-4-14-12(3)23-10-17(26-14)16-6-5-13-15(27-16)7-8-18-19(13)20-21(29-18)22(28)25-11(2)9-24-20/h4-8,10-11,24H,1,9H2,2-3H3,(H,25,28)/t11-/m1/s1. The molecule has 0 aliphatic carbocycles. The van der Waals surface area contributed by atoms with Crippen molar-refractivity contribution in [3.05, 3.63) is 53.3 Å². The Bertz CT molecular complexity index is 1310. The number of nitrogens with zero attached hydrogens (tertiary/aromatic N) is 3. The monoisotopic (exact) mass is 401 g/mol. The summed E-state index contributed by atoms with van der Waals surface area (Å²) >= 11 is 1.51. The zero-order valence-corrected chi connectivity index (χ0v) is 16.9. The topological polar surface area (TPSA) is 79.8 Å². The van der Waals surface area contributed by atoms with Crippen LogP contribution in [0.3, 0.4) is 0 Å². The van der Waals surface area contributed by atoms with E-state index in [-0.39, 0.29) is 11.9 Å². The lowest BCUT2D eigenvalue weighted by Gasteiger charge is -2.10. The number of amides is 1. The number of benzene rings is 1. The van der Waals surface area contributed by atoms with Crippen molar-refractivity contribution < 1.29 is 4.79 Å². The number of carbonyl (C=O) groups is 1. The summed E-state index contributed by atoms with van der Waals surface area (Å²) in [5.74, 6) is -0.0247. The fourth-order valence-electron chi connectivity index (χ4n) is 3.65. The molecule has 3 aromatic heterocycles. The number of pyridine rings is 1. The van der Waals surface area contributed by atoms with Crippen LogP contribution in [0.2, 0.25) is 0 Å². The SMILES string of the molecule is C=Cc1nc(-c2ccc3c(ccc4sc5c(c43)NC[C@@H](C)NC5=O)n2)cnc1C. The van der Waals surface area contributed by atoms with Gasteiger partial charge in [0.1, 0.15) is 10.6 Å². The third kappa shape index (κ3) is 2.86. The molecule has 4 aromatic rings. The predicted octanol–water partition coefficient (Wildman–Crippen LogP) is 4.40. The minimum Gasteiger partial charge on any atom is -0.381 e. The van der Waals surface area contributed by atoms with Gasteiger partial charge in [0.05, 0.1) is 34.5 Å². The van der Waals surface area contributed by atoms with Crippen molar-refractivity contribution in [3.8, 4) is 11.4 Å². The van der Waals surface area contributed by atoms with Gasteiger partial charge in [0.2, 0.25) is 0 Å². The lowest BCUT2D eigenvalue weighted by atomic mass is 10.1. The molecule has 1 atom stereocenters. The molecular weight excluding hydrogens is 382 g/mol. The summed E-state index contributed by atoms with van der Waals surface area (Å²) < 4.78 is 1.07. The Labute approximate surface area is 171 Å². The molecule has 1 aromatic carbocycles. The van der Waals surface area contributed by atoms with Gasteiger partial charge in [-0.05, 0) is 44.2 Å². The third-order valence-electron chi connectivity index (χ3n) is 5.14. The molecule has 6 nitrogen and oxygen atoms in total. The van der Waals surface area contributed by atoms with Crippen molar-refractivity contribution in [3.63, 3.8) is 0 Å². The summed E-state index contributed by atoms with van der Waals surface area (Å²) in [7, 11) is 0. The second-order valence-corrected chi connectivity index (χ2v) is 8.25. The summed E-state index contributed by atoms with van der Waals surface area (Å²) in [6.07, 6.45) is 3.44. The predicted molar refractivity (Wildman–Crippen MR) is 118 cm³/mol. The number of nitrogens with one attached hydrogen (secondary N) is 2. The van der Waals surface area contributed by atoms with Gasteiger partial charge >= 0.3 is 0 Å². The van der Waals surface area contributed by atoms with E-state index in [0.29, 0.717) is 12.2 Å². The first-order chi connectivity index (χ1) is 14.0. The molecule has 1 aliphatic rings. The van der Waals surface area contributed by atoms with E-state index in [1.165, 1.54) is 11.3 Å². The van der Waals surface area contributed by atoms with Crippen LogP contribution in [-0.4, -0.2) is 33.4 Å². The highest BCUT2D eigenvalue weighted by atomic mass is 32.1. The second-order valence-electron chi connectivity index (χ2n) is 7.19. The highest BCUT2D eigenvalue weighted by Gasteiger charge is 2.24. The van der Waals surface area contributed by atoms with Crippen LogP contribution < -0.4 is 10.6 Å². The molecule has 0 saturated heterocycles. The fourth-order valence-corrected chi connectivity index (χ4v) is 4.75. The summed E-state index contributed by atoms with van der Waals surface area (Å²) in [6, 6.07) is 8.11. The molecule has 0 saturated carbocycles. The molecule has 0 unspecified atom stereocenters. The Morgan fingerprint density at radius 1 is 1.21 bits per heavy atom. The number of hydrogen-bond acceptors (Lipinski definition) is 6. The van der Waals surface area contributed by atoms with E-state index in [1.807, 2.05) is 32.0 Å². The van der Waals surface area contributed by atoms with Gasteiger partial charge in [0.15, 0.2) is 0 Å². The van der Waals surface area contributed by atoms with Crippen LogP contribution in [-0.2, 0) is 0 Å². The summed E-state index contributed by atoms with van der Waals surface area (Å²) in [6.45, 7) is 8.40. The zero-order chi connectivity index (χ0) is 20.1. The van der Waals surface area contributed by atoms with Crippen molar-refractivity contribution in [1.29, 1.82) is 0 Å². The highest BCUT2D eigenvalue weighted by Crippen LogP contribution is 2.41. The first kappa shape index (κ1) is 17.8. The lowest BCUT2D eigenvalue weighted by Crippen LogP contribution is -2.34. The van der Waals surface area contributed by atoms with E-state index in [1.54, 1.807) is 12.3 Å². The Kier molecular flexibility index (Phi) is 4.06. The number of anilines is 1. The van der Waals surface area contributed by atoms with Crippen molar-refractivity contribution in [1.82, 2.24) is 20.3 Å². The number of aromatic nitrogens is 3. The van der Waals surface area contributed by atoms with Crippen LogP contribution in [0.5, 0.6) is 0 Å². The van der Waals surface area contributed by atoms with E-state index < -0.39 is 0 Å². The van der Waals surface area contributed by atoms with E-state index >= 15 is 0 Å². The number of thiophene rings is 1. The molecule has 2 N–H and O–H groups in total. The van der Waals surface area contributed by atoms with Gasteiger partial charge < -0.3 is 10.6 Å². The number of hydrogen-bond donors (Lipinski definition) is 2.